The molecule has 1 N–H and O–H groups in total. The minimum absolute atomic E-state index is 0.00603. The van der Waals surface area contributed by atoms with Crippen LogP contribution in [0.2, 0.25) is 0 Å². The molecule has 1 fully saturated rings. The first-order valence-corrected chi connectivity index (χ1v) is 9.82. The number of anilines is 2. The zero-order valence-electron chi connectivity index (χ0n) is 16.4. The first kappa shape index (κ1) is 19.2. The zero-order chi connectivity index (χ0) is 19.4. The fourth-order valence-electron chi connectivity index (χ4n) is 3.42. The van der Waals surface area contributed by atoms with Crippen molar-refractivity contribution >= 4 is 23.2 Å². The van der Waals surface area contributed by atoms with Gasteiger partial charge in [-0.25, -0.2) is 0 Å². The molecule has 4 nitrogen and oxygen atoms in total. The van der Waals surface area contributed by atoms with E-state index >= 15 is 0 Å². The Hall–Kier alpha value is -2.62. The molecular formula is C23H28N2O2. The molecule has 27 heavy (non-hydrogen) atoms. The Balaban J connectivity index is 1.63. The summed E-state index contributed by atoms with van der Waals surface area (Å²) in [4.78, 5) is 26.7. The molecule has 142 valence electrons. The molecule has 0 aromatic heterocycles. The first-order valence-electron chi connectivity index (χ1n) is 9.82. The fourth-order valence-corrected chi connectivity index (χ4v) is 3.42. The number of nitrogens with zero attached hydrogens (tertiary/aromatic N) is 1. The number of carbonyl (C=O) groups excluding carboxylic acids is 2. The van der Waals surface area contributed by atoms with Crippen molar-refractivity contribution in [3.8, 4) is 0 Å². The van der Waals surface area contributed by atoms with Crippen molar-refractivity contribution in [1.29, 1.82) is 0 Å². The van der Waals surface area contributed by atoms with Crippen LogP contribution in [0, 0.1) is 5.92 Å². The molecule has 1 heterocycles. The molecule has 1 aliphatic rings. The van der Waals surface area contributed by atoms with E-state index in [0.717, 1.165) is 24.2 Å². The van der Waals surface area contributed by atoms with E-state index in [1.807, 2.05) is 36.4 Å². The number of carbonyl (C=O) groups is 2. The van der Waals surface area contributed by atoms with Gasteiger partial charge in [0, 0.05) is 24.3 Å². The van der Waals surface area contributed by atoms with Crippen LogP contribution in [0.15, 0.2) is 48.5 Å². The third-order valence-corrected chi connectivity index (χ3v) is 5.51. The van der Waals surface area contributed by atoms with Gasteiger partial charge in [0.15, 0.2) is 0 Å². The SMILES string of the molecule is CCc1ccc(N2C[C@@H](C(=O)Nc3ccc([C@@H](C)CC)cc3)CC2=O)cc1. The average Bonchev–Trinajstić information content (AvgIpc) is 3.10. The second-order valence-electron chi connectivity index (χ2n) is 7.35. The molecule has 4 heteroatoms. The van der Waals surface area contributed by atoms with Crippen LogP contribution in [0.5, 0.6) is 0 Å². The van der Waals surface area contributed by atoms with Crippen molar-refractivity contribution < 1.29 is 9.59 Å². The Morgan fingerprint density at radius 1 is 1.11 bits per heavy atom. The van der Waals surface area contributed by atoms with Crippen LogP contribution in [0.4, 0.5) is 11.4 Å². The van der Waals surface area contributed by atoms with Crippen molar-refractivity contribution in [2.45, 2.75) is 46.0 Å². The van der Waals surface area contributed by atoms with Crippen molar-refractivity contribution in [1.82, 2.24) is 0 Å². The van der Waals surface area contributed by atoms with Gasteiger partial charge in [-0.3, -0.25) is 9.59 Å². The van der Waals surface area contributed by atoms with E-state index in [4.69, 9.17) is 0 Å². The highest BCUT2D eigenvalue weighted by Crippen LogP contribution is 2.27. The summed E-state index contributed by atoms with van der Waals surface area (Å²) in [6, 6.07) is 16.0. The van der Waals surface area contributed by atoms with Gasteiger partial charge in [-0.2, -0.15) is 0 Å². The lowest BCUT2D eigenvalue weighted by Gasteiger charge is -2.17. The maximum Gasteiger partial charge on any atom is 0.229 e. The van der Waals surface area contributed by atoms with Crippen LogP contribution in [-0.2, 0) is 16.0 Å². The number of nitrogens with one attached hydrogen (secondary N) is 1. The Morgan fingerprint density at radius 3 is 2.37 bits per heavy atom. The van der Waals surface area contributed by atoms with Crippen LogP contribution >= 0.6 is 0 Å². The summed E-state index contributed by atoms with van der Waals surface area (Å²) in [5, 5.41) is 2.96. The lowest BCUT2D eigenvalue weighted by Crippen LogP contribution is -2.28. The van der Waals surface area contributed by atoms with Gasteiger partial charge in [0.05, 0.1) is 5.92 Å². The van der Waals surface area contributed by atoms with Gasteiger partial charge in [0.2, 0.25) is 11.8 Å². The summed E-state index contributed by atoms with van der Waals surface area (Å²) < 4.78 is 0. The lowest BCUT2D eigenvalue weighted by atomic mass is 9.98. The maximum atomic E-state index is 12.6. The number of aryl methyl sites for hydroxylation is 1. The predicted molar refractivity (Wildman–Crippen MR) is 110 cm³/mol. The van der Waals surface area contributed by atoms with Crippen LogP contribution in [0.1, 0.15) is 50.7 Å². The van der Waals surface area contributed by atoms with Crippen molar-refractivity contribution in [3.63, 3.8) is 0 Å². The first-order chi connectivity index (χ1) is 13.0. The van der Waals surface area contributed by atoms with E-state index in [9.17, 15) is 9.59 Å². The molecule has 2 amide bonds. The standard InChI is InChI=1S/C23H28N2O2/c1-4-16(3)18-8-10-20(11-9-18)24-23(27)19-14-22(26)25(15-19)21-12-6-17(5-2)7-13-21/h6-13,16,19H,4-5,14-15H2,1-3H3,(H,24,27)/t16-,19-/m0/s1. The van der Waals surface area contributed by atoms with Crippen LogP contribution in [0.3, 0.4) is 0 Å². The molecule has 1 aliphatic heterocycles. The fraction of sp³-hybridized carbons (Fsp3) is 0.391. The zero-order valence-corrected chi connectivity index (χ0v) is 16.4. The van der Waals surface area contributed by atoms with E-state index in [2.05, 4.69) is 38.2 Å². The third kappa shape index (κ3) is 4.38. The smallest absolute Gasteiger partial charge is 0.229 e. The van der Waals surface area contributed by atoms with E-state index in [-0.39, 0.29) is 24.2 Å². The number of hydrogen-bond donors (Lipinski definition) is 1. The average molecular weight is 364 g/mol. The van der Waals surface area contributed by atoms with E-state index < -0.39 is 0 Å². The van der Waals surface area contributed by atoms with Crippen molar-refractivity contribution in [2.75, 3.05) is 16.8 Å². The highest BCUT2D eigenvalue weighted by molar-refractivity contribution is 6.03. The quantitative estimate of drug-likeness (QED) is 0.804. The maximum absolute atomic E-state index is 12.6. The molecule has 2 atom stereocenters. The Labute approximate surface area is 161 Å². The number of amides is 2. The molecule has 1 saturated heterocycles. The summed E-state index contributed by atoms with van der Waals surface area (Å²) in [5.41, 5.74) is 4.16. The second kappa shape index (κ2) is 8.38. The van der Waals surface area contributed by atoms with Crippen molar-refractivity contribution in [2.24, 2.45) is 5.92 Å². The third-order valence-electron chi connectivity index (χ3n) is 5.51. The van der Waals surface area contributed by atoms with E-state index in [1.54, 1.807) is 4.90 Å². The summed E-state index contributed by atoms with van der Waals surface area (Å²) in [6.45, 7) is 6.89. The van der Waals surface area contributed by atoms with Gasteiger partial charge in [-0.15, -0.1) is 0 Å². The minimum Gasteiger partial charge on any atom is -0.326 e. The van der Waals surface area contributed by atoms with Gasteiger partial charge in [-0.05, 0) is 54.2 Å². The summed E-state index contributed by atoms with van der Waals surface area (Å²) in [7, 11) is 0. The number of rotatable bonds is 6. The monoisotopic (exact) mass is 364 g/mol. The predicted octanol–water partition coefficient (Wildman–Crippen LogP) is 4.75. The Morgan fingerprint density at radius 2 is 1.78 bits per heavy atom. The summed E-state index contributed by atoms with van der Waals surface area (Å²) in [5.74, 6) is 0.103. The highest BCUT2D eigenvalue weighted by Gasteiger charge is 2.35. The van der Waals surface area contributed by atoms with Crippen LogP contribution in [-0.4, -0.2) is 18.4 Å². The molecule has 0 spiro atoms. The largest absolute Gasteiger partial charge is 0.326 e. The van der Waals surface area contributed by atoms with Gasteiger partial charge in [0.25, 0.3) is 0 Å². The molecule has 2 aromatic carbocycles. The number of hydrogen-bond acceptors (Lipinski definition) is 2. The normalized spacial score (nSPS) is 17.8. The van der Waals surface area contributed by atoms with E-state index in [1.165, 1.54) is 11.1 Å². The molecular weight excluding hydrogens is 336 g/mol. The van der Waals surface area contributed by atoms with Gasteiger partial charge in [-0.1, -0.05) is 45.0 Å². The molecule has 0 saturated carbocycles. The van der Waals surface area contributed by atoms with Gasteiger partial charge >= 0.3 is 0 Å². The molecule has 3 rings (SSSR count). The Kier molecular flexibility index (Phi) is 5.94. The second-order valence-corrected chi connectivity index (χ2v) is 7.35. The molecule has 0 unspecified atom stereocenters. The van der Waals surface area contributed by atoms with Crippen LogP contribution in [0.25, 0.3) is 0 Å². The minimum atomic E-state index is -0.322. The van der Waals surface area contributed by atoms with Crippen molar-refractivity contribution in [3.05, 3.63) is 59.7 Å². The van der Waals surface area contributed by atoms with Gasteiger partial charge in [0.1, 0.15) is 0 Å². The molecule has 0 aliphatic carbocycles. The number of benzene rings is 2. The van der Waals surface area contributed by atoms with E-state index in [0.29, 0.717) is 12.5 Å². The Bertz CT molecular complexity index is 796. The molecule has 0 radical (unpaired) electrons. The van der Waals surface area contributed by atoms with Crippen LogP contribution < -0.4 is 10.2 Å². The topological polar surface area (TPSA) is 49.4 Å². The summed E-state index contributed by atoms with van der Waals surface area (Å²) >= 11 is 0. The molecule has 2 aromatic rings. The summed E-state index contributed by atoms with van der Waals surface area (Å²) in [6.07, 6.45) is 2.31. The highest BCUT2D eigenvalue weighted by atomic mass is 16.2. The van der Waals surface area contributed by atoms with Gasteiger partial charge < -0.3 is 10.2 Å². The molecule has 0 bridgehead atoms. The lowest BCUT2D eigenvalue weighted by molar-refractivity contribution is -0.122.